The number of piperidine rings is 1. The van der Waals surface area contributed by atoms with Crippen LogP contribution in [0.5, 0.6) is 0 Å². The van der Waals surface area contributed by atoms with Gasteiger partial charge in [0, 0.05) is 24.9 Å². The molecule has 0 unspecified atom stereocenters. The summed E-state index contributed by atoms with van der Waals surface area (Å²) in [5.41, 5.74) is 0.619. The van der Waals surface area contributed by atoms with Crippen molar-refractivity contribution in [2.24, 2.45) is 0 Å². The Kier molecular flexibility index (Phi) is 4.07. The molecule has 6 nitrogen and oxygen atoms in total. The van der Waals surface area contributed by atoms with Crippen LogP contribution in [0.15, 0.2) is 29.0 Å². The van der Waals surface area contributed by atoms with Gasteiger partial charge in [-0.25, -0.2) is 14.4 Å². The molecule has 0 aliphatic carbocycles. The van der Waals surface area contributed by atoms with E-state index in [2.05, 4.69) is 25.0 Å². The van der Waals surface area contributed by atoms with Crippen molar-refractivity contribution < 1.29 is 8.91 Å². The van der Waals surface area contributed by atoms with Crippen LogP contribution in [0.25, 0.3) is 10.9 Å². The Hall–Kier alpha value is -2.57. The molecule has 0 radical (unpaired) electrons. The molecule has 4 rings (SSSR count). The molecule has 1 aromatic carbocycles. The molecule has 0 amide bonds. The molecule has 0 saturated carbocycles. The van der Waals surface area contributed by atoms with E-state index in [1.165, 1.54) is 12.4 Å². The zero-order valence-electron chi connectivity index (χ0n) is 14.3. The molecule has 130 valence electrons. The summed E-state index contributed by atoms with van der Waals surface area (Å²) in [6.07, 6.45) is 3.45. The van der Waals surface area contributed by atoms with Gasteiger partial charge in [-0.3, -0.25) is 0 Å². The van der Waals surface area contributed by atoms with Crippen LogP contribution >= 0.6 is 0 Å². The van der Waals surface area contributed by atoms with Crippen LogP contribution in [0, 0.1) is 5.82 Å². The molecule has 2 aromatic heterocycles. The highest BCUT2D eigenvalue weighted by molar-refractivity contribution is 5.89. The van der Waals surface area contributed by atoms with Crippen LogP contribution < -0.4 is 4.90 Å². The molecule has 0 N–H and O–H groups in total. The third-order valence-electron chi connectivity index (χ3n) is 4.63. The van der Waals surface area contributed by atoms with Gasteiger partial charge < -0.3 is 9.42 Å². The minimum absolute atomic E-state index is 0.154. The molecular weight excluding hydrogens is 321 g/mol. The quantitative estimate of drug-likeness (QED) is 0.724. The fraction of sp³-hybridized carbons (Fsp3) is 0.444. The van der Waals surface area contributed by atoms with Crippen LogP contribution in [0.1, 0.15) is 50.2 Å². The molecule has 1 aliphatic heterocycles. The van der Waals surface area contributed by atoms with E-state index in [1.54, 1.807) is 12.1 Å². The van der Waals surface area contributed by atoms with Crippen molar-refractivity contribution in [2.75, 3.05) is 18.0 Å². The van der Waals surface area contributed by atoms with Gasteiger partial charge in [-0.15, -0.1) is 0 Å². The second-order valence-electron chi connectivity index (χ2n) is 6.76. The molecular formula is C18H20FN5O. The summed E-state index contributed by atoms with van der Waals surface area (Å²) in [5, 5.41) is 4.62. The van der Waals surface area contributed by atoms with E-state index in [0.717, 1.165) is 25.2 Å². The van der Waals surface area contributed by atoms with E-state index in [9.17, 15) is 4.39 Å². The van der Waals surface area contributed by atoms with Crippen molar-refractivity contribution in [1.29, 1.82) is 0 Å². The first-order valence-corrected chi connectivity index (χ1v) is 8.61. The van der Waals surface area contributed by atoms with Gasteiger partial charge in [0.2, 0.25) is 5.89 Å². The number of aromatic nitrogens is 4. The summed E-state index contributed by atoms with van der Waals surface area (Å²) in [7, 11) is 0. The lowest BCUT2D eigenvalue weighted by atomic mass is 9.97. The number of hydrogen-bond donors (Lipinski definition) is 0. The molecule has 1 aliphatic rings. The van der Waals surface area contributed by atoms with E-state index in [0.29, 0.717) is 29.2 Å². The normalized spacial score (nSPS) is 18.2. The van der Waals surface area contributed by atoms with Crippen LogP contribution in [0.3, 0.4) is 0 Å². The maximum atomic E-state index is 14.4. The van der Waals surface area contributed by atoms with Crippen molar-refractivity contribution >= 4 is 16.7 Å². The largest absolute Gasteiger partial charge is 0.355 e. The van der Waals surface area contributed by atoms with Gasteiger partial charge in [-0.2, -0.15) is 4.98 Å². The highest BCUT2D eigenvalue weighted by atomic mass is 19.1. The standard InChI is InChI=1S/C18H20FN5O/c1-11(2)18-22-16(23-25-18)12-5-4-8-24(9-12)17-15-13(19)6-3-7-14(15)20-10-21-17/h3,6-7,10-12H,4-5,8-9H2,1-2H3/t12-/m1/s1. The summed E-state index contributed by atoms with van der Waals surface area (Å²) in [6, 6.07) is 4.92. The SMILES string of the molecule is CC(C)c1nc([C@@H]2CCCN(c3ncnc4cccc(F)c34)C2)no1. The van der Waals surface area contributed by atoms with E-state index in [4.69, 9.17) is 4.52 Å². The minimum Gasteiger partial charge on any atom is -0.355 e. The average molecular weight is 341 g/mol. The number of fused-ring (bicyclic) bond motifs is 1. The van der Waals surface area contributed by atoms with Gasteiger partial charge in [0.1, 0.15) is 18.0 Å². The highest BCUT2D eigenvalue weighted by Gasteiger charge is 2.28. The average Bonchev–Trinajstić information content (AvgIpc) is 3.12. The Morgan fingerprint density at radius 2 is 2.16 bits per heavy atom. The van der Waals surface area contributed by atoms with Crippen LogP contribution in [-0.2, 0) is 0 Å². The van der Waals surface area contributed by atoms with E-state index >= 15 is 0 Å². The molecule has 25 heavy (non-hydrogen) atoms. The van der Waals surface area contributed by atoms with Crippen molar-refractivity contribution in [1.82, 2.24) is 20.1 Å². The second-order valence-corrected chi connectivity index (χ2v) is 6.76. The molecule has 1 atom stereocenters. The first kappa shape index (κ1) is 15.9. The minimum atomic E-state index is -0.295. The number of benzene rings is 1. The molecule has 0 bridgehead atoms. The summed E-state index contributed by atoms with van der Waals surface area (Å²) < 4.78 is 19.7. The smallest absolute Gasteiger partial charge is 0.229 e. The monoisotopic (exact) mass is 341 g/mol. The number of hydrogen-bond acceptors (Lipinski definition) is 6. The Bertz CT molecular complexity index is 889. The predicted octanol–water partition coefficient (Wildman–Crippen LogP) is 3.66. The van der Waals surface area contributed by atoms with E-state index in [1.807, 2.05) is 13.8 Å². The molecule has 3 heterocycles. The summed E-state index contributed by atoms with van der Waals surface area (Å²) in [5.74, 6) is 2.10. The van der Waals surface area contributed by atoms with Crippen molar-refractivity contribution in [2.45, 2.75) is 38.5 Å². The second kappa shape index (κ2) is 6.38. The molecule has 1 fully saturated rings. The molecule has 0 spiro atoms. The lowest BCUT2D eigenvalue weighted by molar-refractivity contribution is 0.354. The molecule has 1 saturated heterocycles. The first-order chi connectivity index (χ1) is 12.1. The van der Waals surface area contributed by atoms with Crippen LogP contribution in [0.2, 0.25) is 0 Å². The van der Waals surface area contributed by atoms with Gasteiger partial charge in [-0.1, -0.05) is 25.1 Å². The van der Waals surface area contributed by atoms with E-state index in [-0.39, 0.29) is 17.7 Å². The zero-order valence-corrected chi connectivity index (χ0v) is 14.3. The third kappa shape index (κ3) is 2.94. The summed E-state index contributed by atoms with van der Waals surface area (Å²) in [4.78, 5) is 15.2. The maximum Gasteiger partial charge on any atom is 0.229 e. The van der Waals surface area contributed by atoms with Crippen molar-refractivity contribution in [3.8, 4) is 0 Å². The topological polar surface area (TPSA) is 67.9 Å². The number of rotatable bonds is 3. The Morgan fingerprint density at radius 3 is 2.96 bits per heavy atom. The van der Waals surface area contributed by atoms with Crippen molar-refractivity contribution in [3.63, 3.8) is 0 Å². The fourth-order valence-corrected chi connectivity index (χ4v) is 3.32. The number of anilines is 1. The lowest BCUT2D eigenvalue weighted by Crippen LogP contribution is -2.35. The van der Waals surface area contributed by atoms with Gasteiger partial charge in [0.25, 0.3) is 0 Å². The first-order valence-electron chi connectivity index (χ1n) is 8.61. The fourth-order valence-electron chi connectivity index (χ4n) is 3.32. The lowest BCUT2D eigenvalue weighted by Gasteiger charge is -2.32. The van der Waals surface area contributed by atoms with Gasteiger partial charge >= 0.3 is 0 Å². The van der Waals surface area contributed by atoms with Crippen LogP contribution in [-0.4, -0.2) is 33.2 Å². The zero-order chi connectivity index (χ0) is 17.4. The van der Waals surface area contributed by atoms with Gasteiger partial charge in [0.05, 0.1) is 10.9 Å². The molecule has 3 aromatic rings. The van der Waals surface area contributed by atoms with Crippen molar-refractivity contribution in [3.05, 3.63) is 42.1 Å². The van der Waals surface area contributed by atoms with Crippen LogP contribution in [0.4, 0.5) is 10.2 Å². The summed E-state index contributed by atoms with van der Waals surface area (Å²) >= 11 is 0. The van der Waals surface area contributed by atoms with Gasteiger partial charge in [0.15, 0.2) is 5.82 Å². The number of halogens is 1. The maximum absolute atomic E-state index is 14.4. The third-order valence-corrected chi connectivity index (χ3v) is 4.63. The highest BCUT2D eigenvalue weighted by Crippen LogP contribution is 2.32. The number of nitrogens with zero attached hydrogens (tertiary/aromatic N) is 5. The Labute approximate surface area is 145 Å². The van der Waals surface area contributed by atoms with E-state index < -0.39 is 0 Å². The summed E-state index contributed by atoms with van der Waals surface area (Å²) in [6.45, 7) is 5.57. The Balaban J connectivity index is 1.65. The van der Waals surface area contributed by atoms with Gasteiger partial charge in [-0.05, 0) is 25.0 Å². The predicted molar refractivity (Wildman–Crippen MR) is 92.1 cm³/mol. The molecule has 7 heteroatoms. The Morgan fingerprint density at radius 1 is 1.28 bits per heavy atom.